The Bertz CT molecular complexity index is 1040. The summed E-state index contributed by atoms with van der Waals surface area (Å²) in [6.07, 6.45) is 3.90. The smallest absolute Gasteiger partial charge is 0.234 e. The molecule has 0 radical (unpaired) electrons. The average molecular weight is 416 g/mol. The molecule has 2 aliphatic heterocycles. The quantitative estimate of drug-likeness (QED) is 0.502. The number of rotatable bonds is 5. The first-order valence-corrected chi connectivity index (χ1v) is 10.8. The molecular formula is C18H17N5O3S2. The van der Waals surface area contributed by atoms with E-state index in [2.05, 4.69) is 25.2 Å². The lowest BCUT2D eigenvalue weighted by Crippen LogP contribution is -2.16. The third-order valence-electron chi connectivity index (χ3n) is 4.52. The zero-order chi connectivity index (χ0) is 18.9. The Morgan fingerprint density at radius 2 is 2.07 bits per heavy atom. The van der Waals surface area contributed by atoms with Gasteiger partial charge in [-0.1, -0.05) is 23.1 Å². The van der Waals surface area contributed by atoms with Crippen LogP contribution in [0, 0.1) is 0 Å². The van der Waals surface area contributed by atoms with Crippen LogP contribution in [0.2, 0.25) is 0 Å². The number of thiazole rings is 1. The van der Waals surface area contributed by atoms with Gasteiger partial charge in [0.15, 0.2) is 22.3 Å². The highest BCUT2D eigenvalue weighted by Crippen LogP contribution is 2.36. The number of ether oxygens (including phenoxy) is 2. The molecule has 2 aliphatic rings. The molecule has 5 rings (SSSR count). The van der Waals surface area contributed by atoms with E-state index in [1.54, 1.807) is 29.5 Å². The predicted octanol–water partition coefficient (Wildman–Crippen LogP) is 3.15. The molecule has 0 bridgehead atoms. The molecule has 10 heteroatoms. The van der Waals surface area contributed by atoms with Crippen molar-refractivity contribution in [1.29, 1.82) is 0 Å². The zero-order valence-electron chi connectivity index (χ0n) is 14.9. The minimum atomic E-state index is -0.111. The number of benzene rings is 1. The molecule has 8 nitrogen and oxygen atoms in total. The van der Waals surface area contributed by atoms with Gasteiger partial charge >= 0.3 is 0 Å². The van der Waals surface area contributed by atoms with E-state index in [1.807, 2.05) is 0 Å². The summed E-state index contributed by atoms with van der Waals surface area (Å²) in [6, 6.07) is 5.35. The van der Waals surface area contributed by atoms with Crippen LogP contribution in [0.15, 0.2) is 29.6 Å². The lowest BCUT2D eigenvalue weighted by Gasteiger charge is -2.11. The van der Waals surface area contributed by atoms with E-state index in [4.69, 9.17) is 9.47 Å². The van der Waals surface area contributed by atoms with Gasteiger partial charge in [-0.15, -0.1) is 0 Å². The van der Waals surface area contributed by atoms with Crippen LogP contribution in [0.4, 0.5) is 10.8 Å². The number of aromatic nitrogens is 3. The van der Waals surface area contributed by atoms with Gasteiger partial charge in [0.2, 0.25) is 12.7 Å². The van der Waals surface area contributed by atoms with Gasteiger partial charge < -0.3 is 19.7 Å². The highest BCUT2D eigenvalue weighted by Gasteiger charge is 2.19. The fourth-order valence-electron chi connectivity index (χ4n) is 3.17. The number of anilines is 2. The van der Waals surface area contributed by atoms with Crippen LogP contribution in [0.5, 0.6) is 11.5 Å². The third-order valence-corrected chi connectivity index (χ3v) is 6.75. The number of carbonyl (C=O) groups excluding carboxylic acids is 1. The first-order valence-electron chi connectivity index (χ1n) is 8.95. The fraction of sp³-hybridized carbons (Fsp3) is 0.333. The van der Waals surface area contributed by atoms with Crippen molar-refractivity contribution in [2.24, 2.45) is 0 Å². The highest BCUT2D eigenvalue weighted by atomic mass is 32.2. The lowest BCUT2D eigenvalue weighted by molar-refractivity contribution is -0.113. The molecule has 4 heterocycles. The molecule has 1 saturated heterocycles. The Kier molecular flexibility index (Phi) is 4.65. The molecule has 3 aromatic rings. The van der Waals surface area contributed by atoms with Gasteiger partial charge in [0.1, 0.15) is 16.1 Å². The molecule has 0 atom stereocenters. The van der Waals surface area contributed by atoms with Crippen molar-refractivity contribution >= 4 is 50.2 Å². The van der Waals surface area contributed by atoms with E-state index in [9.17, 15) is 4.79 Å². The standard InChI is InChI=1S/C18H17N5O3S2/c24-14(21-11-3-4-12-13(7-11)26-10-25-12)8-27-17-15-16(19-9-20-17)22-18(28-15)23-5-1-2-6-23/h3-4,7,9H,1-2,5-6,8,10H2,(H,21,24). The minimum absolute atomic E-state index is 0.111. The highest BCUT2D eigenvalue weighted by molar-refractivity contribution is 8.00. The molecular weight excluding hydrogens is 398 g/mol. The van der Waals surface area contributed by atoms with Crippen molar-refractivity contribution < 1.29 is 14.3 Å². The van der Waals surface area contributed by atoms with Crippen LogP contribution < -0.4 is 19.7 Å². The van der Waals surface area contributed by atoms with E-state index in [-0.39, 0.29) is 18.5 Å². The second kappa shape index (κ2) is 7.44. The molecule has 0 aliphatic carbocycles. The largest absolute Gasteiger partial charge is 0.454 e. The van der Waals surface area contributed by atoms with Gasteiger partial charge in [-0.2, -0.15) is 4.98 Å². The van der Waals surface area contributed by atoms with E-state index in [0.29, 0.717) is 22.8 Å². The number of hydrogen-bond acceptors (Lipinski definition) is 9. The molecule has 144 valence electrons. The summed E-state index contributed by atoms with van der Waals surface area (Å²) in [4.78, 5) is 27.9. The summed E-state index contributed by atoms with van der Waals surface area (Å²) in [6.45, 7) is 2.28. The zero-order valence-corrected chi connectivity index (χ0v) is 16.5. The number of thioether (sulfide) groups is 1. The molecule has 0 spiro atoms. The topological polar surface area (TPSA) is 89.5 Å². The summed E-state index contributed by atoms with van der Waals surface area (Å²) in [5, 5.41) is 4.65. The molecule has 1 fully saturated rings. The average Bonchev–Trinajstić information content (AvgIpc) is 3.45. The lowest BCUT2D eigenvalue weighted by atomic mass is 10.3. The van der Waals surface area contributed by atoms with Gasteiger partial charge in [-0.3, -0.25) is 4.79 Å². The molecule has 1 amide bonds. The van der Waals surface area contributed by atoms with Crippen molar-refractivity contribution in [1.82, 2.24) is 15.0 Å². The van der Waals surface area contributed by atoms with Crippen molar-refractivity contribution in [3.8, 4) is 11.5 Å². The Balaban J connectivity index is 1.27. The van der Waals surface area contributed by atoms with Gasteiger partial charge in [-0.05, 0) is 25.0 Å². The molecule has 0 unspecified atom stereocenters. The van der Waals surface area contributed by atoms with Crippen LogP contribution in [-0.2, 0) is 4.79 Å². The molecule has 28 heavy (non-hydrogen) atoms. The number of nitrogens with one attached hydrogen (secondary N) is 1. The van der Waals surface area contributed by atoms with Crippen LogP contribution in [0.1, 0.15) is 12.8 Å². The Labute approximate surface area is 169 Å². The summed E-state index contributed by atoms with van der Waals surface area (Å²) in [5.41, 5.74) is 1.37. The number of hydrogen-bond donors (Lipinski definition) is 1. The van der Waals surface area contributed by atoms with Crippen LogP contribution >= 0.6 is 23.1 Å². The van der Waals surface area contributed by atoms with E-state index in [0.717, 1.165) is 27.9 Å². The number of fused-ring (bicyclic) bond motifs is 2. The second-order valence-corrected chi connectivity index (χ2v) is 8.37. The van der Waals surface area contributed by atoms with Crippen molar-refractivity contribution in [2.45, 2.75) is 17.9 Å². The normalized spacial score (nSPS) is 15.4. The van der Waals surface area contributed by atoms with E-state index < -0.39 is 0 Å². The van der Waals surface area contributed by atoms with Crippen LogP contribution in [-0.4, -0.2) is 46.5 Å². The van der Waals surface area contributed by atoms with Crippen LogP contribution in [0.25, 0.3) is 10.3 Å². The van der Waals surface area contributed by atoms with Gasteiger partial charge in [-0.25, -0.2) is 9.97 Å². The monoisotopic (exact) mass is 415 g/mol. The molecule has 2 aromatic heterocycles. The molecule has 0 saturated carbocycles. The maximum absolute atomic E-state index is 12.4. The van der Waals surface area contributed by atoms with Gasteiger partial charge in [0.05, 0.1) is 5.75 Å². The van der Waals surface area contributed by atoms with Crippen molar-refractivity contribution in [3.05, 3.63) is 24.5 Å². The SMILES string of the molecule is O=C(CSc1ncnc2nc(N3CCCC3)sc12)Nc1ccc2c(c1)OCO2. The fourth-order valence-corrected chi connectivity index (χ4v) is 5.12. The minimum Gasteiger partial charge on any atom is -0.454 e. The van der Waals surface area contributed by atoms with Gasteiger partial charge in [0.25, 0.3) is 0 Å². The number of nitrogens with zero attached hydrogens (tertiary/aromatic N) is 4. The maximum atomic E-state index is 12.4. The first kappa shape index (κ1) is 17.5. The van der Waals surface area contributed by atoms with Crippen molar-refractivity contribution in [2.75, 3.05) is 35.9 Å². The maximum Gasteiger partial charge on any atom is 0.234 e. The number of amides is 1. The third kappa shape index (κ3) is 3.45. The molecule has 1 aromatic carbocycles. The Hall–Kier alpha value is -2.59. The van der Waals surface area contributed by atoms with E-state index >= 15 is 0 Å². The summed E-state index contributed by atoms with van der Waals surface area (Å²) < 4.78 is 11.6. The van der Waals surface area contributed by atoms with Crippen molar-refractivity contribution in [3.63, 3.8) is 0 Å². The second-order valence-electron chi connectivity index (χ2n) is 6.43. The molecule has 1 N–H and O–H groups in total. The Morgan fingerprint density at radius 1 is 1.21 bits per heavy atom. The predicted molar refractivity (Wildman–Crippen MR) is 109 cm³/mol. The van der Waals surface area contributed by atoms with Gasteiger partial charge in [0, 0.05) is 24.8 Å². The first-order chi connectivity index (χ1) is 13.8. The Morgan fingerprint density at radius 3 is 2.96 bits per heavy atom. The van der Waals surface area contributed by atoms with Crippen LogP contribution in [0.3, 0.4) is 0 Å². The van der Waals surface area contributed by atoms with E-state index in [1.165, 1.54) is 30.9 Å². The summed E-state index contributed by atoms with van der Waals surface area (Å²) in [7, 11) is 0. The summed E-state index contributed by atoms with van der Waals surface area (Å²) in [5.74, 6) is 1.47. The number of carbonyl (C=O) groups is 1. The summed E-state index contributed by atoms with van der Waals surface area (Å²) >= 11 is 2.99.